The summed E-state index contributed by atoms with van der Waals surface area (Å²) in [6.45, 7) is 0.411. The number of amides is 1. The van der Waals surface area contributed by atoms with Crippen LogP contribution in [0.4, 0.5) is 5.69 Å². The SMILES string of the molecule is COc1ccc(NC(=O)CN(Cc2ccco2)[C@H]2CCS(=O)(=O)C2)cc1Cl. The van der Waals surface area contributed by atoms with E-state index in [-0.39, 0.29) is 30.0 Å². The minimum absolute atomic E-state index is 0.0462. The number of halogens is 1. The minimum atomic E-state index is -3.06. The number of benzene rings is 1. The minimum Gasteiger partial charge on any atom is -0.495 e. The van der Waals surface area contributed by atoms with Crippen LogP contribution in [0.2, 0.25) is 5.02 Å². The van der Waals surface area contributed by atoms with Crippen molar-refractivity contribution in [1.29, 1.82) is 0 Å². The third-order valence-corrected chi connectivity index (χ3v) is 6.49. The summed E-state index contributed by atoms with van der Waals surface area (Å²) in [6.07, 6.45) is 2.06. The van der Waals surface area contributed by atoms with Gasteiger partial charge in [-0.25, -0.2) is 8.42 Å². The second kappa shape index (κ2) is 8.33. The van der Waals surface area contributed by atoms with Crippen molar-refractivity contribution in [2.45, 2.75) is 19.0 Å². The Hall–Kier alpha value is -2.03. The number of nitrogens with one attached hydrogen (secondary N) is 1. The largest absolute Gasteiger partial charge is 0.495 e. The maximum absolute atomic E-state index is 12.5. The van der Waals surface area contributed by atoms with Gasteiger partial charge in [-0.05, 0) is 36.8 Å². The Morgan fingerprint density at radius 1 is 1.41 bits per heavy atom. The first-order valence-corrected chi connectivity index (χ1v) is 10.7. The Morgan fingerprint density at radius 2 is 2.22 bits per heavy atom. The Kier molecular flexibility index (Phi) is 6.08. The number of anilines is 1. The Labute approximate surface area is 163 Å². The zero-order valence-electron chi connectivity index (χ0n) is 14.9. The summed E-state index contributed by atoms with van der Waals surface area (Å²) in [5, 5.41) is 3.18. The van der Waals surface area contributed by atoms with E-state index in [4.69, 9.17) is 20.8 Å². The third kappa shape index (κ3) is 5.24. The molecule has 1 N–H and O–H groups in total. The molecule has 2 aromatic rings. The molecular formula is C18H21ClN2O5S. The monoisotopic (exact) mass is 412 g/mol. The maximum Gasteiger partial charge on any atom is 0.238 e. The van der Waals surface area contributed by atoms with Crippen molar-refractivity contribution in [3.05, 3.63) is 47.4 Å². The Bertz CT molecular complexity index is 898. The first kappa shape index (κ1) is 19.7. The third-order valence-electron chi connectivity index (χ3n) is 4.45. The van der Waals surface area contributed by atoms with Crippen LogP contribution in [0, 0.1) is 0 Å². The van der Waals surface area contributed by atoms with E-state index >= 15 is 0 Å². The molecular weight excluding hydrogens is 392 g/mol. The van der Waals surface area contributed by atoms with Crippen molar-refractivity contribution in [2.75, 3.05) is 30.5 Å². The van der Waals surface area contributed by atoms with E-state index < -0.39 is 9.84 Å². The number of carbonyl (C=O) groups excluding carboxylic acids is 1. The van der Waals surface area contributed by atoms with Gasteiger partial charge >= 0.3 is 0 Å². The molecule has 1 aliphatic heterocycles. The van der Waals surface area contributed by atoms with Gasteiger partial charge < -0.3 is 14.5 Å². The highest BCUT2D eigenvalue weighted by molar-refractivity contribution is 7.91. The highest BCUT2D eigenvalue weighted by Gasteiger charge is 2.33. The van der Waals surface area contributed by atoms with Gasteiger partial charge in [0.15, 0.2) is 9.84 Å². The summed E-state index contributed by atoms with van der Waals surface area (Å²) in [4.78, 5) is 14.4. The van der Waals surface area contributed by atoms with Crippen LogP contribution in [0.1, 0.15) is 12.2 Å². The lowest BCUT2D eigenvalue weighted by atomic mass is 10.2. The lowest BCUT2D eigenvalue weighted by Gasteiger charge is -2.26. The smallest absolute Gasteiger partial charge is 0.238 e. The standard InChI is InChI=1S/C18H21ClN2O5S/c1-25-17-5-4-13(9-16(17)19)20-18(22)11-21(10-15-3-2-7-26-15)14-6-8-27(23,24)12-14/h2-5,7,9,14H,6,8,10-12H2,1H3,(H,20,22)/t14-/m0/s1. The quantitative estimate of drug-likeness (QED) is 0.751. The van der Waals surface area contributed by atoms with Gasteiger partial charge in [0.05, 0.1) is 43.0 Å². The van der Waals surface area contributed by atoms with E-state index in [0.29, 0.717) is 35.2 Å². The lowest BCUT2D eigenvalue weighted by molar-refractivity contribution is -0.118. The van der Waals surface area contributed by atoms with Crippen molar-refractivity contribution in [2.24, 2.45) is 0 Å². The highest BCUT2D eigenvalue weighted by atomic mass is 35.5. The zero-order chi connectivity index (χ0) is 19.4. The summed E-state index contributed by atoms with van der Waals surface area (Å²) < 4.78 is 34.1. The molecule has 0 unspecified atom stereocenters. The molecule has 1 aromatic heterocycles. The van der Waals surface area contributed by atoms with Crippen molar-refractivity contribution in [3.63, 3.8) is 0 Å². The van der Waals surface area contributed by atoms with Crippen LogP contribution in [-0.2, 0) is 21.2 Å². The Morgan fingerprint density at radius 3 is 2.81 bits per heavy atom. The van der Waals surface area contributed by atoms with Crippen LogP contribution in [0.15, 0.2) is 41.0 Å². The molecule has 146 valence electrons. The first-order valence-electron chi connectivity index (χ1n) is 8.46. The molecule has 27 heavy (non-hydrogen) atoms. The molecule has 1 saturated heterocycles. The molecule has 2 heterocycles. The highest BCUT2D eigenvalue weighted by Crippen LogP contribution is 2.27. The number of hydrogen-bond acceptors (Lipinski definition) is 6. The summed E-state index contributed by atoms with van der Waals surface area (Å²) in [6, 6.07) is 8.32. The fourth-order valence-corrected chi connectivity index (χ4v) is 5.13. The number of hydrogen-bond donors (Lipinski definition) is 1. The van der Waals surface area contributed by atoms with Crippen molar-refractivity contribution >= 4 is 33.0 Å². The van der Waals surface area contributed by atoms with Gasteiger partial charge in [0.1, 0.15) is 11.5 Å². The van der Waals surface area contributed by atoms with Gasteiger partial charge in [0, 0.05) is 11.7 Å². The van der Waals surface area contributed by atoms with Gasteiger partial charge in [0.25, 0.3) is 0 Å². The van der Waals surface area contributed by atoms with Crippen molar-refractivity contribution in [1.82, 2.24) is 4.90 Å². The molecule has 1 amide bonds. The van der Waals surface area contributed by atoms with Crippen LogP contribution >= 0.6 is 11.6 Å². The first-order chi connectivity index (χ1) is 12.9. The van der Waals surface area contributed by atoms with E-state index in [2.05, 4.69) is 5.32 Å². The molecule has 1 aliphatic rings. The van der Waals surface area contributed by atoms with Crippen molar-refractivity contribution in [3.8, 4) is 5.75 Å². The number of methoxy groups -OCH3 is 1. The van der Waals surface area contributed by atoms with Gasteiger partial charge in [-0.15, -0.1) is 0 Å². The molecule has 7 nitrogen and oxygen atoms in total. The number of furan rings is 1. The van der Waals surface area contributed by atoms with Crippen LogP contribution in [0.3, 0.4) is 0 Å². The Balaban J connectivity index is 1.69. The van der Waals surface area contributed by atoms with E-state index in [1.165, 1.54) is 7.11 Å². The maximum atomic E-state index is 12.5. The predicted molar refractivity (Wildman–Crippen MR) is 103 cm³/mol. The molecule has 1 fully saturated rings. The number of carbonyl (C=O) groups is 1. The zero-order valence-corrected chi connectivity index (χ0v) is 16.4. The topological polar surface area (TPSA) is 88.8 Å². The number of nitrogens with zero attached hydrogens (tertiary/aromatic N) is 1. The normalized spacial score (nSPS) is 18.6. The summed E-state index contributed by atoms with van der Waals surface area (Å²) in [5.74, 6) is 1.13. The van der Waals surface area contributed by atoms with Crippen LogP contribution in [0.25, 0.3) is 0 Å². The van der Waals surface area contributed by atoms with Crippen LogP contribution in [-0.4, -0.2) is 50.4 Å². The summed E-state index contributed by atoms with van der Waals surface area (Å²) in [7, 11) is -1.55. The van der Waals surface area contributed by atoms with Crippen LogP contribution < -0.4 is 10.1 Å². The number of ether oxygens (including phenoxy) is 1. The van der Waals surface area contributed by atoms with Gasteiger partial charge in [0.2, 0.25) is 5.91 Å². The molecule has 9 heteroatoms. The molecule has 1 aromatic carbocycles. The van der Waals surface area contributed by atoms with E-state index in [0.717, 1.165) is 0 Å². The fraction of sp³-hybridized carbons (Fsp3) is 0.389. The predicted octanol–water partition coefficient (Wildman–Crippen LogP) is 2.57. The lowest BCUT2D eigenvalue weighted by Crippen LogP contribution is -2.41. The molecule has 0 radical (unpaired) electrons. The second-order valence-electron chi connectivity index (χ2n) is 6.44. The second-order valence-corrected chi connectivity index (χ2v) is 9.07. The average molecular weight is 413 g/mol. The number of rotatable bonds is 7. The molecule has 0 bridgehead atoms. The molecule has 3 rings (SSSR count). The molecule has 0 saturated carbocycles. The summed E-state index contributed by atoms with van der Waals surface area (Å²) >= 11 is 6.08. The van der Waals surface area contributed by atoms with E-state index in [1.807, 2.05) is 4.90 Å². The fourth-order valence-electron chi connectivity index (χ4n) is 3.11. The molecule has 0 aliphatic carbocycles. The average Bonchev–Trinajstić information content (AvgIpc) is 3.23. The number of sulfone groups is 1. The molecule has 1 atom stereocenters. The molecule has 0 spiro atoms. The van der Waals surface area contributed by atoms with E-state index in [9.17, 15) is 13.2 Å². The van der Waals surface area contributed by atoms with E-state index in [1.54, 1.807) is 36.6 Å². The van der Waals surface area contributed by atoms with Gasteiger partial charge in [-0.2, -0.15) is 0 Å². The van der Waals surface area contributed by atoms with Crippen LogP contribution in [0.5, 0.6) is 5.75 Å². The van der Waals surface area contributed by atoms with Gasteiger partial charge in [-0.3, -0.25) is 9.69 Å². The van der Waals surface area contributed by atoms with Crippen molar-refractivity contribution < 1.29 is 22.4 Å². The van der Waals surface area contributed by atoms with Gasteiger partial charge in [-0.1, -0.05) is 11.6 Å². The summed E-state index contributed by atoms with van der Waals surface area (Å²) in [5.41, 5.74) is 0.544.